The molecule has 2 rings (SSSR count). The predicted octanol–water partition coefficient (Wildman–Crippen LogP) is 0.510. The van der Waals surface area contributed by atoms with E-state index in [0.717, 1.165) is 0 Å². The molecule has 1 heterocycles. The zero-order valence-corrected chi connectivity index (χ0v) is 10.3. The highest BCUT2D eigenvalue weighted by atomic mass is 16.6. The third-order valence-electron chi connectivity index (χ3n) is 2.95. The van der Waals surface area contributed by atoms with Gasteiger partial charge < -0.3 is 0 Å². The largest absolute Gasteiger partial charge is 0.328 e. The summed E-state index contributed by atoms with van der Waals surface area (Å²) in [6.07, 6.45) is 0.494. The molecule has 4 amide bonds. The zero-order chi connectivity index (χ0) is 14.7. The van der Waals surface area contributed by atoms with Crippen molar-refractivity contribution in [1.29, 1.82) is 0 Å². The summed E-state index contributed by atoms with van der Waals surface area (Å²) >= 11 is 0. The van der Waals surface area contributed by atoms with Crippen molar-refractivity contribution in [2.45, 2.75) is 12.8 Å². The van der Waals surface area contributed by atoms with E-state index in [2.05, 4.69) is 0 Å². The van der Waals surface area contributed by atoms with Crippen LogP contribution in [0.3, 0.4) is 0 Å². The number of hydrogen-bond donors (Lipinski definition) is 2. The number of nitro benzene ring substituents is 1. The Kier molecular flexibility index (Phi) is 3.74. The molecular formula is C12H11N3O5. The van der Waals surface area contributed by atoms with Crippen LogP contribution in [-0.4, -0.2) is 22.8 Å². The minimum absolute atomic E-state index is 0.0461. The quantitative estimate of drug-likeness (QED) is 0.472. The molecule has 1 aromatic rings. The van der Waals surface area contributed by atoms with Crippen LogP contribution in [0.1, 0.15) is 12.0 Å². The van der Waals surface area contributed by atoms with Crippen molar-refractivity contribution in [3.63, 3.8) is 0 Å². The first-order valence-electron chi connectivity index (χ1n) is 5.86. The number of hydrogen-bond acceptors (Lipinski definition) is 5. The number of barbiturate groups is 1. The van der Waals surface area contributed by atoms with Gasteiger partial charge in [-0.2, -0.15) is 0 Å². The first-order valence-corrected chi connectivity index (χ1v) is 5.86. The molecule has 104 valence electrons. The van der Waals surface area contributed by atoms with Crippen LogP contribution in [0.2, 0.25) is 0 Å². The second kappa shape index (κ2) is 5.47. The second-order valence-corrected chi connectivity index (χ2v) is 4.33. The molecule has 1 aliphatic heterocycles. The summed E-state index contributed by atoms with van der Waals surface area (Å²) in [6, 6.07) is 5.15. The van der Waals surface area contributed by atoms with Crippen molar-refractivity contribution in [1.82, 2.24) is 10.6 Å². The molecule has 8 heteroatoms. The maximum absolute atomic E-state index is 11.5. The lowest BCUT2D eigenvalue weighted by Crippen LogP contribution is -2.55. The molecule has 0 aliphatic carbocycles. The Morgan fingerprint density at radius 1 is 1.15 bits per heavy atom. The van der Waals surface area contributed by atoms with Gasteiger partial charge in [-0.05, 0) is 18.4 Å². The van der Waals surface area contributed by atoms with Gasteiger partial charge in [0.15, 0.2) is 0 Å². The Labute approximate surface area is 113 Å². The average Bonchev–Trinajstić information content (AvgIpc) is 2.37. The number of nitrogens with one attached hydrogen (secondary N) is 2. The van der Waals surface area contributed by atoms with Crippen molar-refractivity contribution < 1.29 is 19.3 Å². The summed E-state index contributed by atoms with van der Waals surface area (Å²) in [4.78, 5) is 44.0. The van der Waals surface area contributed by atoms with Crippen LogP contribution in [0.4, 0.5) is 10.5 Å². The third-order valence-corrected chi connectivity index (χ3v) is 2.95. The zero-order valence-electron chi connectivity index (χ0n) is 10.3. The van der Waals surface area contributed by atoms with Gasteiger partial charge in [0, 0.05) is 12.1 Å². The average molecular weight is 277 g/mol. The number of aryl methyl sites for hydroxylation is 1. The minimum Gasteiger partial charge on any atom is -0.277 e. The topological polar surface area (TPSA) is 118 Å². The molecule has 1 fully saturated rings. The molecule has 0 saturated carbocycles. The lowest BCUT2D eigenvalue weighted by Gasteiger charge is -2.20. The molecule has 8 nitrogen and oxygen atoms in total. The van der Waals surface area contributed by atoms with Crippen molar-refractivity contribution in [2.24, 2.45) is 5.92 Å². The molecule has 0 atom stereocenters. The summed E-state index contributed by atoms with van der Waals surface area (Å²) < 4.78 is 0. The predicted molar refractivity (Wildman–Crippen MR) is 66.6 cm³/mol. The smallest absolute Gasteiger partial charge is 0.277 e. The minimum atomic E-state index is -0.966. The van der Waals surface area contributed by atoms with Gasteiger partial charge in [0.1, 0.15) is 5.92 Å². The Hall–Kier alpha value is -2.77. The van der Waals surface area contributed by atoms with Gasteiger partial charge in [0.05, 0.1) is 4.92 Å². The molecule has 1 saturated heterocycles. The van der Waals surface area contributed by atoms with Crippen LogP contribution >= 0.6 is 0 Å². The molecule has 0 radical (unpaired) electrons. The Balaban J connectivity index is 2.03. The highest BCUT2D eigenvalue weighted by Gasteiger charge is 2.33. The van der Waals surface area contributed by atoms with Gasteiger partial charge >= 0.3 is 6.03 Å². The fourth-order valence-electron chi connectivity index (χ4n) is 1.95. The number of nitrogens with zero attached hydrogens (tertiary/aromatic N) is 1. The number of benzene rings is 1. The summed E-state index contributed by atoms with van der Waals surface area (Å²) in [5, 5.41) is 14.7. The van der Waals surface area contributed by atoms with Crippen molar-refractivity contribution in [3.05, 3.63) is 39.9 Å². The highest BCUT2D eigenvalue weighted by molar-refractivity contribution is 6.16. The van der Waals surface area contributed by atoms with E-state index >= 15 is 0 Å². The van der Waals surface area contributed by atoms with Crippen molar-refractivity contribution in [3.8, 4) is 0 Å². The molecule has 1 aromatic carbocycles. The van der Waals surface area contributed by atoms with Gasteiger partial charge in [-0.15, -0.1) is 0 Å². The van der Waals surface area contributed by atoms with E-state index in [0.29, 0.717) is 12.0 Å². The fourth-order valence-corrected chi connectivity index (χ4v) is 1.95. The Bertz CT molecular complexity index is 579. The van der Waals surface area contributed by atoms with Gasteiger partial charge in [0.2, 0.25) is 11.8 Å². The number of amides is 4. The van der Waals surface area contributed by atoms with E-state index in [9.17, 15) is 24.5 Å². The SMILES string of the molecule is O=C1NC(=O)C(CCc2cccc([N+](=O)[O-])c2)C(=O)N1. The number of rotatable bonds is 4. The first-order chi connectivity index (χ1) is 9.47. The van der Waals surface area contributed by atoms with E-state index in [-0.39, 0.29) is 12.1 Å². The standard InChI is InChI=1S/C12H11N3O5/c16-10-9(11(17)14-12(18)13-10)5-4-7-2-1-3-8(6-7)15(19)20/h1-3,6,9H,4-5H2,(H2,13,14,16,17,18). The van der Waals surface area contributed by atoms with E-state index in [1.165, 1.54) is 18.2 Å². The van der Waals surface area contributed by atoms with Crippen LogP contribution in [0.25, 0.3) is 0 Å². The van der Waals surface area contributed by atoms with Crippen molar-refractivity contribution in [2.75, 3.05) is 0 Å². The van der Waals surface area contributed by atoms with Gasteiger partial charge in [-0.25, -0.2) is 4.79 Å². The lowest BCUT2D eigenvalue weighted by molar-refractivity contribution is -0.384. The molecular weight excluding hydrogens is 266 g/mol. The molecule has 1 aliphatic rings. The molecule has 0 spiro atoms. The normalized spacial score (nSPS) is 15.7. The lowest BCUT2D eigenvalue weighted by atomic mass is 9.96. The van der Waals surface area contributed by atoms with Crippen LogP contribution in [0.5, 0.6) is 0 Å². The van der Waals surface area contributed by atoms with Crippen LogP contribution in [0, 0.1) is 16.0 Å². The highest BCUT2D eigenvalue weighted by Crippen LogP contribution is 2.17. The van der Waals surface area contributed by atoms with Gasteiger partial charge in [-0.3, -0.25) is 30.3 Å². The Morgan fingerprint density at radius 3 is 2.40 bits per heavy atom. The third kappa shape index (κ3) is 2.97. The fraction of sp³-hybridized carbons (Fsp3) is 0.250. The summed E-state index contributed by atoms with van der Waals surface area (Å²) in [5.74, 6) is -2.26. The summed E-state index contributed by atoms with van der Waals surface area (Å²) in [7, 11) is 0. The number of urea groups is 1. The summed E-state index contributed by atoms with van der Waals surface area (Å²) in [5.41, 5.74) is 0.604. The number of nitro groups is 1. The molecule has 20 heavy (non-hydrogen) atoms. The van der Waals surface area contributed by atoms with E-state index in [1.54, 1.807) is 6.07 Å². The number of carbonyl (C=O) groups is 3. The van der Waals surface area contributed by atoms with E-state index in [4.69, 9.17) is 0 Å². The molecule has 2 N–H and O–H groups in total. The first kappa shape index (κ1) is 13.7. The maximum atomic E-state index is 11.5. The Morgan fingerprint density at radius 2 is 1.80 bits per heavy atom. The maximum Gasteiger partial charge on any atom is 0.328 e. The number of carbonyl (C=O) groups excluding carboxylic acids is 3. The van der Waals surface area contributed by atoms with Gasteiger partial charge in [-0.1, -0.05) is 12.1 Å². The van der Waals surface area contributed by atoms with Gasteiger partial charge in [0.25, 0.3) is 5.69 Å². The van der Waals surface area contributed by atoms with E-state index in [1.807, 2.05) is 10.6 Å². The monoisotopic (exact) mass is 277 g/mol. The van der Waals surface area contributed by atoms with Crippen LogP contribution in [0.15, 0.2) is 24.3 Å². The van der Waals surface area contributed by atoms with E-state index < -0.39 is 28.7 Å². The molecule has 0 aromatic heterocycles. The number of non-ortho nitro benzene ring substituents is 1. The van der Waals surface area contributed by atoms with Crippen molar-refractivity contribution >= 4 is 23.5 Å². The second-order valence-electron chi connectivity index (χ2n) is 4.33. The molecule has 0 bridgehead atoms. The summed E-state index contributed by atoms with van der Waals surface area (Å²) in [6.45, 7) is 0. The number of imide groups is 2. The molecule has 0 unspecified atom stereocenters. The van der Waals surface area contributed by atoms with Crippen LogP contribution < -0.4 is 10.6 Å². The van der Waals surface area contributed by atoms with Crippen LogP contribution in [-0.2, 0) is 16.0 Å².